The van der Waals surface area contributed by atoms with E-state index in [1.807, 2.05) is 25.1 Å². The molecule has 1 aromatic heterocycles. The molecule has 0 atom stereocenters. The molecule has 0 radical (unpaired) electrons. The van der Waals surface area contributed by atoms with Gasteiger partial charge in [-0.3, -0.25) is 4.98 Å². The van der Waals surface area contributed by atoms with E-state index in [0.717, 1.165) is 35.0 Å². The predicted octanol–water partition coefficient (Wildman–Crippen LogP) is 3.06. The summed E-state index contributed by atoms with van der Waals surface area (Å²) in [4.78, 5) is 15.8. The van der Waals surface area contributed by atoms with Crippen LogP contribution >= 0.6 is 0 Å². The molecule has 17 heavy (non-hydrogen) atoms. The number of benzene rings is 1. The zero-order valence-corrected chi connectivity index (χ0v) is 10.0. The zero-order valence-electron chi connectivity index (χ0n) is 10.0. The Bertz CT molecular complexity index is 576. The van der Waals surface area contributed by atoms with Crippen molar-refractivity contribution in [2.45, 2.75) is 26.7 Å². The van der Waals surface area contributed by atoms with Gasteiger partial charge in [-0.2, -0.15) is 0 Å². The van der Waals surface area contributed by atoms with Crippen LogP contribution in [0.1, 0.15) is 35.5 Å². The Kier molecular flexibility index (Phi) is 3.09. The van der Waals surface area contributed by atoms with Crippen LogP contribution in [0.3, 0.4) is 0 Å². The first kappa shape index (κ1) is 11.6. The second-order valence-electron chi connectivity index (χ2n) is 3.99. The van der Waals surface area contributed by atoms with Gasteiger partial charge >= 0.3 is 5.97 Å². The Hall–Kier alpha value is -1.90. The lowest BCUT2D eigenvalue weighted by molar-refractivity contribution is 0.0699. The lowest BCUT2D eigenvalue weighted by Gasteiger charge is -2.08. The highest BCUT2D eigenvalue weighted by molar-refractivity contribution is 6.03. The van der Waals surface area contributed by atoms with E-state index in [-0.39, 0.29) is 0 Å². The van der Waals surface area contributed by atoms with Crippen LogP contribution in [-0.2, 0) is 12.8 Å². The minimum atomic E-state index is -0.889. The number of carbonyl (C=O) groups is 1. The van der Waals surface area contributed by atoms with Crippen molar-refractivity contribution in [3.63, 3.8) is 0 Å². The van der Waals surface area contributed by atoms with Crippen molar-refractivity contribution in [1.29, 1.82) is 0 Å². The number of para-hydroxylation sites is 1. The van der Waals surface area contributed by atoms with Gasteiger partial charge < -0.3 is 5.11 Å². The number of carboxylic acids is 1. The average Bonchev–Trinajstić information content (AvgIpc) is 2.36. The molecule has 1 heterocycles. The van der Waals surface area contributed by atoms with E-state index in [2.05, 4.69) is 11.9 Å². The standard InChI is InChI=1S/C14H15NO2/c1-3-9-6-5-7-11-12(14(16)17)8-10(4-2)15-13(9)11/h5-8H,3-4H2,1-2H3,(H,16,17). The number of hydrogen-bond donors (Lipinski definition) is 1. The van der Waals surface area contributed by atoms with Gasteiger partial charge in [0.2, 0.25) is 0 Å². The SMILES string of the molecule is CCc1cc(C(=O)O)c2cccc(CC)c2n1. The van der Waals surface area contributed by atoms with E-state index in [9.17, 15) is 9.90 Å². The van der Waals surface area contributed by atoms with Crippen molar-refractivity contribution < 1.29 is 9.90 Å². The van der Waals surface area contributed by atoms with Crippen molar-refractivity contribution in [3.8, 4) is 0 Å². The van der Waals surface area contributed by atoms with Crippen molar-refractivity contribution in [1.82, 2.24) is 4.98 Å². The second kappa shape index (κ2) is 4.53. The van der Waals surface area contributed by atoms with Crippen LogP contribution in [0, 0.1) is 0 Å². The number of aromatic carboxylic acids is 1. The quantitative estimate of drug-likeness (QED) is 0.880. The van der Waals surface area contributed by atoms with Gasteiger partial charge in [-0.1, -0.05) is 32.0 Å². The summed E-state index contributed by atoms with van der Waals surface area (Å²) in [5, 5.41) is 9.97. The van der Waals surface area contributed by atoms with Gasteiger partial charge in [0.25, 0.3) is 0 Å². The van der Waals surface area contributed by atoms with Gasteiger partial charge in [0.15, 0.2) is 0 Å². The number of pyridine rings is 1. The van der Waals surface area contributed by atoms with E-state index in [4.69, 9.17) is 0 Å². The van der Waals surface area contributed by atoms with Crippen molar-refractivity contribution >= 4 is 16.9 Å². The van der Waals surface area contributed by atoms with Crippen LogP contribution in [0.2, 0.25) is 0 Å². The fourth-order valence-electron chi connectivity index (χ4n) is 2.00. The summed E-state index contributed by atoms with van der Waals surface area (Å²) >= 11 is 0. The Morgan fingerprint density at radius 1 is 1.29 bits per heavy atom. The minimum absolute atomic E-state index is 0.349. The molecule has 3 heteroatoms. The molecule has 0 aliphatic carbocycles. The average molecular weight is 229 g/mol. The van der Waals surface area contributed by atoms with E-state index in [1.54, 1.807) is 6.07 Å². The van der Waals surface area contributed by atoms with Gasteiger partial charge in [-0.05, 0) is 24.5 Å². The highest BCUT2D eigenvalue weighted by Gasteiger charge is 2.12. The van der Waals surface area contributed by atoms with Crippen LogP contribution in [-0.4, -0.2) is 16.1 Å². The van der Waals surface area contributed by atoms with Crippen LogP contribution < -0.4 is 0 Å². The van der Waals surface area contributed by atoms with Gasteiger partial charge in [-0.25, -0.2) is 4.79 Å². The van der Waals surface area contributed by atoms with Crippen molar-refractivity contribution in [2.24, 2.45) is 0 Å². The molecule has 0 unspecified atom stereocenters. The fraction of sp³-hybridized carbons (Fsp3) is 0.286. The number of hydrogen-bond acceptors (Lipinski definition) is 2. The van der Waals surface area contributed by atoms with Crippen molar-refractivity contribution in [2.75, 3.05) is 0 Å². The number of aryl methyl sites for hydroxylation is 2. The first-order valence-electron chi connectivity index (χ1n) is 5.82. The molecule has 88 valence electrons. The molecule has 0 aliphatic rings. The summed E-state index contributed by atoms with van der Waals surface area (Å²) in [6, 6.07) is 7.38. The third kappa shape index (κ3) is 2.00. The van der Waals surface area contributed by atoms with Gasteiger partial charge in [-0.15, -0.1) is 0 Å². The Labute approximate surface area is 100 Å². The summed E-state index contributed by atoms with van der Waals surface area (Å²) in [7, 11) is 0. The molecule has 0 bridgehead atoms. The molecule has 0 amide bonds. The molecule has 0 saturated heterocycles. The highest BCUT2D eigenvalue weighted by Crippen LogP contribution is 2.22. The predicted molar refractivity (Wildman–Crippen MR) is 67.5 cm³/mol. The normalized spacial score (nSPS) is 10.7. The second-order valence-corrected chi connectivity index (χ2v) is 3.99. The molecule has 0 fully saturated rings. The van der Waals surface area contributed by atoms with Crippen LogP contribution in [0.5, 0.6) is 0 Å². The minimum Gasteiger partial charge on any atom is -0.478 e. The van der Waals surface area contributed by atoms with E-state index in [1.165, 1.54) is 0 Å². The molecule has 0 spiro atoms. The topological polar surface area (TPSA) is 50.2 Å². The van der Waals surface area contributed by atoms with E-state index in [0.29, 0.717) is 5.56 Å². The molecular formula is C14H15NO2. The maximum Gasteiger partial charge on any atom is 0.336 e. The van der Waals surface area contributed by atoms with Gasteiger partial charge in [0.1, 0.15) is 0 Å². The van der Waals surface area contributed by atoms with E-state index < -0.39 is 5.97 Å². The summed E-state index contributed by atoms with van der Waals surface area (Å²) in [5.74, 6) is -0.889. The van der Waals surface area contributed by atoms with Crippen molar-refractivity contribution in [3.05, 3.63) is 41.1 Å². The highest BCUT2D eigenvalue weighted by atomic mass is 16.4. The summed E-state index contributed by atoms with van der Waals surface area (Å²) in [5.41, 5.74) is 3.10. The number of rotatable bonds is 3. The Morgan fingerprint density at radius 3 is 2.65 bits per heavy atom. The summed E-state index contributed by atoms with van der Waals surface area (Å²) in [6.07, 6.45) is 1.60. The summed E-state index contributed by atoms with van der Waals surface area (Å²) in [6.45, 7) is 4.03. The lowest BCUT2D eigenvalue weighted by Crippen LogP contribution is -2.02. The van der Waals surface area contributed by atoms with Crippen LogP contribution in [0.4, 0.5) is 0 Å². The van der Waals surface area contributed by atoms with Crippen LogP contribution in [0.25, 0.3) is 10.9 Å². The molecule has 0 saturated carbocycles. The molecule has 2 rings (SSSR count). The van der Waals surface area contributed by atoms with E-state index >= 15 is 0 Å². The maximum atomic E-state index is 11.3. The molecule has 1 N–H and O–H groups in total. The van der Waals surface area contributed by atoms with Crippen LogP contribution in [0.15, 0.2) is 24.3 Å². The Morgan fingerprint density at radius 2 is 2.06 bits per heavy atom. The number of fused-ring (bicyclic) bond motifs is 1. The third-order valence-electron chi connectivity index (χ3n) is 2.95. The molecule has 3 nitrogen and oxygen atoms in total. The number of carboxylic acid groups (broad SMARTS) is 1. The largest absolute Gasteiger partial charge is 0.478 e. The number of aromatic nitrogens is 1. The summed E-state index contributed by atoms with van der Waals surface area (Å²) < 4.78 is 0. The maximum absolute atomic E-state index is 11.3. The third-order valence-corrected chi connectivity index (χ3v) is 2.95. The monoisotopic (exact) mass is 229 g/mol. The smallest absolute Gasteiger partial charge is 0.336 e. The lowest BCUT2D eigenvalue weighted by atomic mass is 10.0. The number of nitrogens with zero attached hydrogens (tertiary/aromatic N) is 1. The molecule has 0 aliphatic heterocycles. The molecule has 1 aromatic carbocycles. The first-order valence-corrected chi connectivity index (χ1v) is 5.82. The molecule has 2 aromatic rings. The first-order chi connectivity index (χ1) is 8.17. The van der Waals surface area contributed by atoms with Gasteiger partial charge in [0.05, 0.1) is 11.1 Å². The van der Waals surface area contributed by atoms with Gasteiger partial charge in [0, 0.05) is 11.1 Å². The Balaban J connectivity index is 2.85. The zero-order chi connectivity index (χ0) is 12.4. The molecular weight excluding hydrogens is 214 g/mol. The fourth-order valence-corrected chi connectivity index (χ4v) is 2.00.